The van der Waals surface area contributed by atoms with Gasteiger partial charge in [0.1, 0.15) is 16.9 Å². The van der Waals surface area contributed by atoms with E-state index in [0.29, 0.717) is 11.5 Å². The van der Waals surface area contributed by atoms with Crippen molar-refractivity contribution >= 4 is 67.4 Å². The molecule has 0 saturated carbocycles. The van der Waals surface area contributed by atoms with Crippen molar-refractivity contribution in [3.05, 3.63) is 40.8 Å². The van der Waals surface area contributed by atoms with Gasteiger partial charge in [-0.3, -0.25) is 4.79 Å². The predicted molar refractivity (Wildman–Crippen MR) is 113 cm³/mol. The zero-order valence-electron chi connectivity index (χ0n) is 13.0. The van der Waals surface area contributed by atoms with E-state index in [0.717, 1.165) is 37.0 Å². The van der Waals surface area contributed by atoms with Gasteiger partial charge in [-0.05, 0) is 88.1 Å². The smallest absolute Gasteiger partial charge is 0.256 e. The molecule has 126 valence electrons. The molecule has 0 spiro atoms. The van der Waals surface area contributed by atoms with E-state index < -0.39 is 6.17 Å². The fourth-order valence-electron chi connectivity index (χ4n) is 3.42. The minimum absolute atomic E-state index is 0.0333. The number of benzene rings is 1. The highest BCUT2D eigenvalue weighted by molar-refractivity contribution is 14.1. The first-order valence-corrected chi connectivity index (χ1v) is 10.8. The summed E-state index contributed by atoms with van der Waals surface area (Å²) < 4.78 is 1.82. The molecule has 2 atom stereocenters. The maximum atomic E-state index is 12.7. The Morgan fingerprint density at radius 3 is 2.88 bits per heavy atom. The molecule has 1 aromatic carbocycles. The van der Waals surface area contributed by atoms with Gasteiger partial charge in [0, 0.05) is 14.0 Å². The topological polar surface area (TPSA) is 61.4 Å². The van der Waals surface area contributed by atoms with Gasteiger partial charge < -0.3 is 15.7 Å². The number of rotatable bonds is 1. The molecule has 7 heteroatoms. The lowest BCUT2D eigenvalue weighted by Gasteiger charge is -2.28. The van der Waals surface area contributed by atoms with Crippen LogP contribution in [0.25, 0.3) is 0 Å². The molecule has 4 rings (SSSR count). The zero-order valence-corrected chi connectivity index (χ0v) is 18.1. The molecule has 0 fully saturated rings. The molecule has 3 N–H and O–H groups in total. The first-order valence-electron chi connectivity index (χ1n) is 7.84. The van der Waals surface area contributed by atoms with E-state index >= 15 is 0 Å². The fraction of sp³-hybridized carbons (Fsp3) is 0.353. The number of carbonyl (C=O) groups is 1. The Balaban J connectivity index is 1.74. The third kappa shape index (κ3) is 2.82. The minimum atomic E-state index is -0.397. The molecule has 0 unspecified atom stereocenters. The molecular formula is C17H16I2N2O2S. The lowest BCUT2D eigenvalue weighted by Crippen LogP contribution is -2.38. The number of aromatic hydroxyl groups is 1. The van der Waals surface area contributed by atoms with Crippen molar-refractivity contribution in [1.29, 1.82) is 0 Å². The number of nitrogens with one attached hydrogen (secondary N) is 2. The summed E-state index contributed by atoms with van der Waals surface area (Å²) in [6.45, 7) is 2.27. The summed E-state index contributed by atoms with van der Waals surface area (Å²) in [6.07, 6.45) is 2.78. The van der Waals surface area contributed by atoms with Crippen LogP contribution in [0.1, 0.15) is 45.9 Å². The van der Waals surface area contributed by atoms with E-state index in [9.17, 15) is 9.90 Å². The minimum Gasteiger partial charge on any atom is -0.506 e. The number of hydrogen-bond acceptors (Lipinski definition) is 4. The van der Waals surface area contributed by atoms with E-state index in [2.05, 4.69) is 62.7 Å². The van der Waals surface area contributed by atoms with Gasteiger partial charge in [0.05, 0.1) is 9.13 Å². The van der Waals surface area contributed by atoms with E-state index in [-0.39, 0.29) is 11.7 Å². The zero-order chi connectivity index (χ0) is 17.0. The lowest BCUT2D eigenvalue weighted by atomic mass is 9.88. The molecule has 1 aromatic heterocycles. The number of amides is 1. The van der Waals surface area contributed by atoms with Gasteiger partial charge in [-0.15, -0.1) is 11.3 Å². The van der Waals surface area contributed by atoms with Crippen LogP contribution in [0, 0.1) is 13.1 Å². The number of carbonyl (C=O) groups excluding carboxylic acids is 1. The maximum absolute atomic E-state index is 12.7. The van der Waals surface area contributed by atoms with Gasteiger partial charge in [-0.2, -0.15) is 0 Å². The van der Waals surface area contributed by atoms with E-state index in [1.54, 1.807) is 11.3 Å². The number of halogens is 2. The maximum Gasteiger partial charge on any atom is 0.256 e. The molecule has 0 radical (unpaired) electrons. The van der Waals surface area contributed by atoms with Gasteiger partial charge >= 0.3 is 0 Å². The van der Waals surface area contributed by atoms with Gasteiger partial charge in [-0.1, -0.05) is 6.92 Å². The summed E-state index contributed by atoms with van der Waals surface area (Å²) in [6, 6.07) is 3.83. The van der Waals surface area contributed by atoms with Crippen molar-refractivity contribution in [2.45, 2.75) is 32.4 Å². The second-order valence-electron chi connectivity index (χ2n) is 6.43. The van der Waals surface area contributed by atoms with E-state index in [1.807, 2.05) is 12.1 Å². The number of anilines is 1. The number of hydrogen-bond donors (Lipinski definition) is 3. The predicted octanol–water partition coefficient (Wildman–Crippen LogP) is 4.64. The van der Waals surface area contributed by atoms with Gasteiger partial charge in [0.15, 0.2) is 0 Å². The second kappa shape index (κ2) is 6.31. The van der Waals surface area contributed by atoms with Crippen LogP contribution < -0.4 is 10.6 Å². The summed E-state index contributed by atoms with van der Waals surface area (Å²) in [5.41, 5.74) is 2.75. The SMILES string of the molecule is C[C@H]1CCc2c(sc3c2C(=O)N[C@@H](c2cc(I)cc(I)c2O)N3)C1. The van der Waals surface area contributed by atoms with Crippen LogP contribution >= 0.6 is 56.5 Å². The van der Waals surface area contributed by atoms with Crippen molar-refractivity contribution in [3.8, 4) is 5.75 Å². The van der Waals surface area contributed by atoms with Gasteiger partial charge in [-0.25, -0.2) is 0 Å². The van der Waals surface area contributed by atoms with Crippen molar-refractivity contribution in [2.75, 3.05) is 5.32 Å². The van der Waals surface area contributed by atoms with Crippen LogP contribution in [0.4, 0.5) is 5.00 Å². The normalized spacial score (nSPS) is 22.4. The summed E-state index contributed by atoms with van der Waals surface area (Å²) in [5, 5.41) is 17.8. The van der Waals surface area contributed by atoms with E-state index in [1.165, 1.54) is 10.4 Å². The van der Waals surface area contributed by atoms with Crippen LogP contribution in [0.3, 0.4) is 0 Å². The summed E-state index contributed by atoms with van der Waals surface area (Å²) in [5.74, 6) is 0.874. The molecule has 2 aromatic rings. The molecule has 4 nitrogen and oxygen atoms in total. The third-order valence-corrected chi connectivity index (χ3v) is 7.29. The van der Waals surface area contributed by atoms with Gasteiger partial charge in [0.2, 0.25) is 0 Å². The highest BCUT2D eigenvalue weighted by Gasteiger charge is 2.34. The second-order valence-corrected chi connectivity index (χ2v) is 9.95. The quantitative estimate of drug-likeness (QED) is 0.441. The van der Waals surface area contributed by atoms with Gasteiger partial charge in [0.25, 0.3) is 5.91 Å². The number of fused-ring (bicyclic) bond motifs is 3. The summed E-state index contributed by atoms with van der Waals surface area (Å²) in [7, 11) is 0. The van der Waals surface area contributed by atoms with Crippen molar-refractivity contribution in [2.24, 2.45) is 5.92 Å². The molecule has 1 amide bonds. The molecule has 0 saturated heterocycles. The Morgan fingerprint density at radius 1 is 1.29 bits per heavy atom. The fourth-order valence-corrected chi connectivity index (χ4v) is 6.75. The highest BCUT2D eigenvalue weighted by atomic mass is 127. The van der Waals surface area contributed by atoms with Crippen LogP contribution in [0.5, 0.6) is 5.75 Å². The van der Waals surface area contributed by atoms with Crippen molar-refractivity contribution in [1.82, 2.24) is 5.32 Å². The van der Waals surface area contributed by atoms with Crippen LogP contribution in [0.15, 0.2) is 12.1 Å². The molecule has 24 heavy (non-hydrogen) atoms. The third-order valence-electron chi connectivity index (χ3n) is 4.66. The number of phenolic OH excluding ortho intramolecular Hbond substituents is 1. The van der Waals surface area contributed by atoms with Crippen molar-refractivity contribution < 1.29 is 9.90 Å². The first-order chi connectivity index (χ1) is 11.4. The lowest BCUT2D eigenvalue weighted by molar-refractivity contribution is 0.0935. The highest BCUT2D eigenvalue weighted by Crippen LogP contribution is 2.43. The summed E-state index contributed by atoms with van der Waals surface area (Å²) in [4.78, 5) is 14.1. The van der Waals surface area contributed by atoms with Crippen molar-refractivity contribution in [3.63, 3.8) is 0 Å². The average Bonchev–Trinajstić information content (AvgIpc) is 2.88. The summed E-state index contributed by atoms with van der Waals surface area (Å²) >= 11 is 6.04. The van der Waals surface area contributed by atoms with Crippen LogP contribution in [-0.4, -0.2) is 11.0 Å². The Kier molecular flexibility index (Phi) is 4.44. The molecule has 1 aliphatic carbocycles. The molecule has 0 bridgehead atoms. The van der Waals surface area contributed by atoms with E-state index in [4.69, 9.17) is 0 Å². The number of thiophene rings is 1. The monoisotopic (exact) mass is 566 g/mol. The Labute approximate surface area is 171 Å². The average molecular weight is 566 g/mol. The molecule has 2 aliphatic rings. The Bertz CT molecular complexity index is 850. The van der Waals surface area contributed by atoms with Crippen LogP contribution in [0.2, 0.25) is 0 Å². The largest absolute Gasteiger partial charge is 0.506 e. The Morgan fingerprint density at radius 2 is 2.08 bits per heavy atom. The Hall–Kier alpha value is -0.550. The first kappa shape index (κ1) is 16.9. The number of phenols is 1. The van der Waals surface area contributed by atoms with Crippen LogP contribution in [-0.2, 0) is 12.8 Å². The molecular weight excluding hydrogens is 550 g/mol. The standard InChI is InChI=1S/C17H16I2N2O2S/c1-7-2-3-9-12(4-7)24-17-13(9)16(23)20-15(21-17)10-5-8(18)6-11(19)14(10)22/h5-7,15,21-22H,2-4H2,1H3,(H,20,23)/t7-,15+/m0/s1. The molecule has 1 aliphatic heterocycles. The molecule has 2 heterocycles.